The number of rotatable bonds is 4. The second kappa shape index (κ2) is 5.25. The zero-order valence-corrected chi connectivity index (χ0v) is 8.47. The molecule has 74 valence electrons. The summed E-state index contributed by atoms with van der Waals surface area (Å²) in [6, 6.07) is 9.76. The number of ether oxygens (including phenoxy) is 1. The van der Waals surface area contributed by atoms with E-state index < -0.39 is 0 Å². The average Bonchev–Trinajstić information content (AvgIpc) is 2.18. The quantitative estimate of drug-likeness (QED) is 0.679. The molecule has 0 saturated carbocycles. The van der Waals surface area contributed by atoms with Gasteiger partial charge in [0, 0.05) is 6.54 Å². The largest absolute Gasteiger partial charge is 0.418 e. The first-order valence-electron chi connectivity index (χ1n) is 4.48. The van der Waals surface area contributed by atoms with Gasteiger partial charge in [0.15, 0.2) is 6.10 Å². The molecule has 0 fully saturated rings. The van der Waals surface area contributed by atoms with E-state index in [0.717, 1.165) is 5.56 Å². The molecule has 0 aliphatic rings. The summed E-state index contributed by atoms with van der Waals surface area (Å²) in [6.07, 6.45) is 1.57. The molecule has 0 spiro atoms. The minimum absolute atomic E-state index is 0.170. The van der Waals surface area contributed by atoms with Gasteiger partial charge in [-0.05, 0) is 19.7 Å². The highest BCUT2D eigenvalue weighted by Crippen LogP contribution is 2.16. The molecule has 0 amide bonds. The highest BCUT2D eigenvalue weighted by molar-refractivity contribution is 5.18. The molecule has 1 aromatic carbocycles. The van der Waals surface area contributed by atoms with Crippen molar-refractivity contribution >= 4 is 0 Å². The van der Waals surface area contributed by atoms with Crippen LogP contribution in [0.2, 0.25) is 0 Å². The van der Waals surface area contributed by atoms with E-state index in [2.05, 4.69) is 0 Å². The standard InChI is InChI=1S/C11H14N2O/c1-13(2)8-11(14-9-12)10-6-4-3-5-7-10/h3-7,11H,8H2,1-2H3/t11-/m1/s1. The van der Waals surface area contributed by atoms with E-state index in [-0.39, 0.29) is 6.10 Å². The predicted molar refractivity (Wildman–Crippen MR) is 54.4 cm³/mol. The molecule has 0 aromatic heterocycles. The molecule has 3 nitrogen and oxygen atoms in total. The minimum Gasteiger partial charge on any atom is -0.418 e. The Labute approximate surface area is 84.5 Å². The third-order valence-electron chi connectivity index (χ3n) is 1.90. The Hall–Kier alpha value is -1.53. The Kier molecular flexibility index (Phi) is 3.96. The van der Waals surface area contributed by atoms with Crippen LogP contribution in [0.25, 0.3) is 0 Å². The SMILES string of the molecule is CN(C)C[C@@H](OC#N)c1ccccc1. The highest BCUT2D eigenvalue weighted by Gasteiger charge is 2.12. The fourth-order valence-electron chi connectivity index (χ4n) is 1.27. The van der Waals surface area contributed by atoms with Gasteiger partial charge in [-0.3, -0.25) is 0 Å². The zero-order chi connectivity index (χ0) is 10.4. The van der Waals surface area contributed by atoms with Crippen molar-refractivity contribution in [3.05, 3.63) is 35.9 Å². The second-order valence-corrected chi connectivity index (χ2v) is 3.37. The maximum absolute atomic E-state index is 8.52. The molecular weight excluding hydrogens is 176 g/mol. The molecule has 0 unspecified atom stereocenters. The molecule has 0 bridgehead atoms. The Morgan fingerprint density at radius 3 is 2.50 bits per heavy atom. The topological polar surface area (TPSA) is 36.3 Å². The van der Waals surface area contributed by atoms with Crippen LogP contribution in [0.15, 0.2) is 30.3 Å². The summed E-state index contributed by atoms with van der Waals surface area (Å²) in [7, 11) is 3.91. The number of benzene rings is 1. The molecular formula is C11H14N2O. The van der Waals surface area contributed by atoms with Crippen molar-refractivity contribution in [2.24, 2.45) is 0 Å². The Balaban J connectivity index is 2.73. The van der Waals surface area contributed by atoms with Crippen LogP contribution in [-0.2, 0) is 4.74 Å². The van der Waals surface area contributed by atoms with Crippen LogP contribution in [0.3, 0.4) is 0 Å². The highest BCUT2D eigenvalue weighted by atomic mass is 16.5. The summed E-state index contributed by atoms with van der Waals surface area (Å²) < 4.78 is 5.00. The Morgan fingerprint density at radius 2 is 2.00 bits per heavy atom. The molecule has 14 heavy (non-hydrogen) atoms. The lowest BCUT2D eigenvalue weighted by Gasteiger charge is -2.18. The molecule has 0 heterocycles. The molecule has 1 atom stereocenters. The van der Waals surface area contributed by atoms with Gasteiger partial charge in [-0.15, -0.1) is 0 Å². The first-order valence-corrected chi connectivity index (χ1v) is 4.48. The third-order valence-corrected chi connectivity index (χ3v) is 1.90. The van der Waals surface area contributed by atoms with Crippen molar-refractivity contribution in [3.63, 3.8) is 0 Å². The molecule has 0 N–H and O–H groups in total. The summed E-state index contributed by atoms with van der Waals surface area (Å²) in [4.78, 5) is 2.00. The zero-order valence-electron chi connectivity index (χ0n) is 8.47. The number of hydrogen-bond donors (Lipinski definition) is 0. The Bertz CT molecular complexity index is 303. The number of likely N-dealkylation sites (N-methyl/N-ethyl adjacent to an activating group) is 1. The first kappa shape index (κ1) is 10.6. The lowest BCUT2D eigenvalue weighted by Crippen LogP contribution is -2.21. The van der Waals surface area contributed by atoms with Crippen LogP contribution in [0, 0.1) is 11.5 Å². The normalized spacial score (nSPS) is 12.1. The van der Waals surface area contributed by atoms with Crippen molar-refractivity contribution in [3.8, 4) is 6.26 Å². The monoisotopic (exact) mass is 190 g/mol. The number of nitriles is 1. The van der Waals surface area contributed by atoms with E-state index >= 15 is 0 Å². The van der Waals surface area contributed by atoms with Gasteiger partial charge in [-0.2, -0.15) is 5.26 Å². The second-order valence-electron chi connectivity index (χ2n) is 3.37. The maximum atomic E-state index is 8.52. The van der Waals surface area contributed by atoms with Crippen LogP contribution < -0.4 is 0 Å². The lowest BCUT2D eigenvalue weighted by atomic mass is 10.1. The molecule has 0 radical (unpaired) electrons. The molecule has 0 saturated heterocycles. The van der Waals surface area contributed by atoms with Crippen molar-refractivity contribution in [2.45, 2.75) is 6.10 Å². The molecule has 1 rings (SSSR count). The molecule has 1 aromatic rings. The van der Waals surface area contributed by atoms with Gasteiger partial charge in [-0.25, -0.2) is 0 Å². The Morgan fingerprint density at radius 1 is 1.36 bits per heavy atom. The predicted octanol–water partition coefficient (Wildman–Crippen LogP) is 1.79. The van der Waals surface area contributed by atoms with Crippen LogP contribution in [0.4, 0.5) is 0 Å². The van der Waals surface area contributed by atoms with E-state index in [0.29, 0.717) is 6.54 Å². The fraction of sp³-hybridized carbons (Fsp3) is 0.364. The van der Waals surface area contributed by atoms with E-state index in [1.165, 1.54) is 0 Å². The van der Waals surface area contributed by atoms with Crippen LogP contribution in [0.1, 0.15) is 11.7 Å². The summed E-state index contributed by atoms with van der Waals surface area (Å²) in [5.41, 5.74) is 1.03. The number of hydrogen-bond acceptors (Lipinski definition) is 3. The molecule has 3 heteroatoms. The lowest BCUT2D eigenvalue weighted by molar-refractivity contribution is 0.128. The van der Waals surface area contributed by atoms with E-state index in [1.54, 1.807) is 6.26 Å². The fourth-order valence-corrected chi connectivity index (χ4v) is 1.27. The van der Waals surface area contributed by atoms with Gasteiger partial charge < -0.3 is 9.64 Å². The van der Waals surface area contributed by atoms with E-state index in [1.807, 2.05) is 49.3 Å². The van der Waals surface area contributed by atoms with Crippen LogP contribution in [-0.4, -0.2) is 25.5 Å². The first-order chi connectivity index (χ1) is 6.74. The van der Waals surface area contributed by atoms with Gasteiger partial charge in [0.1, 0.15) is 0 Å². The van der Waals surface area contributed by atoms with Crippen molar-refractivity contribution < 1.29 is 4.74 Å². The van der Waals surface area contributed by atoms with Crippen molar-refractivity contribution in [2.75, 3.05) is 20.6 Å². The summed E-state index contributed by atoms with van der Waals surface area (Å²) in [6.45, 7) is 0.706. The summed E-state index contributed by atoms with van der Waals surface area (Å²) in [5.74, 6) is 0. The smallest absolute Gasteiger partial charge is 0.286 e. The summed E-state index contributed by atoms with van der Waals surface area (Å²) >= 11 is 0. The van der Waals surface area contributed by atoms with Gasteiger partial charge in [0.2, 0.25) is 0 Å². The average molecular weight is 190 g/mol. The van der Waals surface area contributed by atoms with Crippen molar-refractivity contribution in [1.29, 1.82) is 5.26 Å². The maximum Gasteiger partial charge on any atom is 0.286 e. The number of nitrogens with zero attached hydrogens (tertiary/aromatic N) is 2. The van der Waals surface area contributed by atoms with Gasteiger partial charge in [0.25, 0.3) is 6.26 Å². The van der Waals surface area contributed by atoms with Gasteiger partial charge in [-0.1, -0.05) is 30.3 Å². The van der Waals surface area contributed by atoms with E-state index in [4.69, 9.17) is 10.00 Å². The minimum atomic E-state index is -0.170. The third kappa shape index (κ3) is 3.08. The van der Waals surface area contributed by atoms with Gasteiger partial charge in [0.05, 0.1) is 0 Å². The molecule has 0 aliphatic carbocycles. The van der Waals surface area contributed by atoms with Crippen molar-refractivity contribution in [1.82, 2.24) is 4.90 Å². The van der Waals surface area contributed by atoms with Crippen LogP contribution in [0.5, 0.6) is 0 Å². The summed E-state index contributed by atoms with van der Waals surface area (Å²) in [5, 5.41) is 8.52. The molecule has 0 aliphatic heterocycles. The van der Waals surface area contributed by atoms with Gasteiger partial charge >= 0.3 is 0 Å². The van der Waals surface area contributed by atoms with E-state index in [9.17, 15) is 0 Å². The van der Waals surface area contributed by atoms with Crippen LogP contribution >= 0.6 is 0 Å².